The van der Waals surface area contributed by atoms with Gasteiger partial charge in [-0.05, 0) is 19.3 Å². The number of hydrogen-bond donors (Lipinski definition) is 1. The molecular weight excluding hydrogens is 318 g/mol. The lowest BCUT2D eigenvalue weighted by Crippen LogP contribution is -2.39. The van der Waals surface area contributed by atoms with Crippen LogP contribution < -0.4 is 0 Å². The fraction of sp³-hybridized carbons (Fsp3) is 0.429. The fourth-order valence-corrected chi connectivity index (χ4v) is 3.69. The molecule has 23 heavy (non-hydrogen) atoms. The second-order valence-electron chi connectivity index (χ2n) is 5.56. The van der Waals surface area contributed by atoms with Gasteiger partial charge in [-0.2, -0.15) is 5.10 Å². The summed E-state index contributed by atoms with van der Waals surface area (Å²) in [5.74, 6) is -0.204. The maximum absolute atomic E-state index is 12.7. The third-order valence-corrected chi connectivity index (χ3v) is 5.06. The predicted octanol–water partition coefficient (Wildman–Crippen LogP) is 0.971. The van der Waals surface area contributed by atoms with Gasteiger partial charge in [0, 0.05) is 25.2 Å². The third-order valence-electron chi connectivity index (χ3n) is 3.94. The van der Waals surface area contributed by atoms with Gasteiger partial charge in [0.15, 0.2) is 9.84 Å². The zero-order chi connectivity index (χ0) is 16.4. The Hall–Kier alpha value is -2.29. The molecule has 0 radical (unpaired) electrons. The van der Waals surface area contributed by atoms with Gasteiger partial charge in [-0.25, -0.2) is 18.4 Å². The number of hydrogen-bond acceptors (Lipinski definition) is 6. The molecule has 0 saturated carbocycles. The van der Waals surface area contributed by atoms with Gasteiger partial charge in [0.25, 0.3) is 5.91 Å². The van der Waals surface area contributed by atoms with Crippen LogP contribution >= 0.6 is 0 Å². The lowest BCUT2D eigenvalue weighted by molar-refractivity contribution is 0.0601. The quantitative estimate of drug-likeness (QED) is 0.895. The number of aromatic nitrogens is 4. The molecule has 1 saturated heterocycles. The van der Waals surface area contributed by atoms with Gasteiger partial charge in [0.1, 0.15) is 11.2 Å². The molecular formula is C14H17N5O3S. The van der Waals surface area contributed by atoms with Crippen molar-refractivity contribution < 1.29 is 13.2 Å². The number of likely N-dealkylation sites (tertiary alicyclic amines) is 1. The molecule has 2 aromatic heterocycles. The first-order valence-corrected chi connectivity index (χ1v) is 9.17. The van der Waals surface area contributed by atoms with Crippen LogP contribution in [0.25, 0.3) is 0 Å². The Bertz CT molecular complexity index is 803. The Labute approximate surface area is 133 Å². The van der Waals surface area contributed by atoms with Gasteiger partial charge in [-0.3, -0.25) is 9.89 Å². The second kappa shape index (κ2) is 6.07. The number of carbonyl (C=O) groups is 1. The van der Waals surface area contributed by atoms with Crippen molar-refractivity contribution in [2.75, 3.05) is 12.8 Å². The first kappa shape index (κ1) is 15.6. The standard InChI is InChI=1S/C14H17N5O3S/c1-23(21,22)12-8-17-18-13(12)11-4-2-3-5-19(11)14(20)10-6-15-9-16-7-10/h6-9,11H,2-5H2,1H3,(H,17,18). The minimum absolute atomic E-state index is 0.145. The van der Waals surface area contributed by atoms with Crippen molar-refractivity contribution in [2.45, 2.75) is 30.2 Å². The number of aromatic amines is 1. The lowest BCUT2D eigenvalue weighted by atomic mass is 9.98. The fourth-order valence-electron chi connectivity index (χ4n) is 2.87. The van der Waals surface area contributed by atoms with Crippen molar-refractivity contribution in [1.82, 2.24) is 25.1 Å². The molecule has 1 unspecified atom stereocenters. The highest BCUT2D eigenvalue weighted by Gasteiger charge is 2.33. The number of nitrogens with one attached hydrogen (secondary N) is 1. The molecule has 3 heterocycles. The minimum Gasteiger partial charge on any atom is -0.330 e. The van der Waals surface area contributed by atoms with E-state index in [1.165, 1.54) is 24.9 Å². The Morgan fingerprint density at radius 1 is 1.26 bits per heavy atom. The van der Waals surface area contributed by atoms with E-state index in [1.54, 1.807) is 4.90 Å². The summed E-state index contributed by atoms with van der Waals surface area (Å²) >= 11 is 0. The average molecular weight is 335 g/mol. The Morgan fingerprint density at radius 3 is 2.70 bits per heavy atom. The van der Waals surface area contributed by atoms with Gasteiger partial charge < -0.3 is 4.90 Å². The number of nitrogens with zero attached hydrogens (tertiary/aromatic N) is 4. The molecule has 1 aliphatic heterocycles. The van der Waals surface area contributed by atoms with Crippen molar-refractivity contribution in [3.63, 3.8) is 0 Å². The largest absolute Gasteiger partial charge is 0.330 e. The van der Waals surface area contributed by atoms with E-state index >= 15 is 0 Å². The maximum atomic E-state index is 12.7. The summed E-state index contributed by atoms with van der Waals surface area (Å²) in [6.45, 7) is 0.556. The van der Waals surface area contributed by atoms with Crippen LogP contribution in [0.3, 0.4) is 0 Å². The van der Waals surface area contributed by atoms with Crippen LogP contribution in [-0.2, 0) is 9.84 Å². The molecule has 1 aliphatic rings. The zero-order valence-electron chi connectivity index (χ0n) is 12.6. The first-order chi connectivity index (χ1) is 11.0. The zero-order valence-corrected chi connectivity index (χ0v) is 13.5. The van der Waals surface area contributed by atoms with Gasteiger partial charge in [0.05, 0.1) is 23.5 Å². The third kappa shape index (κ3) is 3.09. The van der Waals surface area contributed by atoms with Gasteiger partial charge in [-0.15, -0.1) is 0 Å². The van der Waals surface area contributed by atoms with E-state index in [1.807, 2.05) is 0 Å². The van der Waals surface area contributed by atoms with E-state index in [4.69, 9.17) is 0 Å². The Morgan fingerprint density at radius 2 is 2.00 bits per heavy atom. The molecule has 0 bridgehead atoms. The molecule has 8 nitrogen and oxygen atoms in total. The molecule has 0 aliphatic carbocycles. The van der Waals surface area contributed by atoms with Gasteiger partial charge in [-0.1, -0.05) is 0 Å². The lowest BCUT2D eigenvalue weighted by Gasteiger charge is -2.35. The predicted molar refractivity (Wildman–Crippen MR) is 81.4 cm³/mol. The van der Waals surface area contributed by atoms with Crippen molar-refractivity contribution in [3.05, 3.63) is 36.2 Å². The summed E-state index contributed by atoms with van der Waals surface area (Å²) < 4.78 is 23.8. The summed E-state index contributed by atoms with van der Waals surface area (Å²) in [4.78, 5) is 22.3. The van der Waals surface area contributed by atoms with Crippen LogP contribution in [-0.4, -0.2) is 52.2 Å². The Balaban J connectivity index is 1.97. The summed E-state index contributed by atoms with van der Waals surface area (Å²) in [6, 6.07) is -0.344. The summed E-state index contributed by atoms with van der Waals surface area (Å²) in [5.41, 5.74) is 0.859. The molecule has 1 N–H and O–H groups in total. The number of carbonyl (C=O) groups excluding carboxylic acids is 1. The molecule has 9 heteroatoms. The summed E-state index contributed by atoms with van der Waals surface area (Å²) in [6.07, 6.45) is 9.21. The van der Waals surface area contributed by atoms with Crippen LogP contribution in [0.5, 0.6) is 0 Å². The monoisotopic (exact) mass is 335 g/mol. The van der Waals surface area contributed by atoms with Crippen molar-refractivity contribution in [2.24, 2.45) is 0 Å². The normalized spacial score (nSPS) is 18.8. The number of H-pyrrole nitrogens is 1. The SMILES string of the molecule is CS(=O)(=O)c1cn[nH]c1C1CCCCN1C(=O)c1cncnc1. The van der Waals surface area contributed by atoms with E-state index in [9.17, 15) is 13.2 Å². The van der Waals surface area contributed by atoms with E-state index < -0.39 is 9.84 Å². The number of piperidine rings is 1. The molecule has 1 amide bonds. The molecule has 1 fully saturated rings. The second-order valence-corrected chi connectivity index (χ2v) is 7.54. The van der Waals surface area contributed by atoms with Crippen LogP contribution in [0.2, 0.25) is 0 Å². The van der Waals surface area contributed by atoms with Crippen molar-refractivity contribution in [3.8, 4) is 0 Å². The summed E-state index contributed by atoms with van der Waals surface area (Å²) in [7, 11) is -3.41. The number of rotatable bonds is 3. The molecule has 2 aromatic rings. The maximum Gasteiger partial charge on any atom is 0.257 e. The molecule has 0 aromatic carbocycles. The molecule has 0 spiro atoms. The highest BCUT2D eigenvalue weighted by Crippen LogP contribution is 2.34. The van der Waals surface area contributed by atoms with Gasteiger partial charge in [0.2, 0.25) is 0 Å². The average Bonchev–Trinajstić information content (AvgIpc) is 3.05. The number of sulfone groups is 1. The van der Waals surface area contributed by atoms with Gasteiger partial charge >= 0.3 is 0 Å². The van der Waals surface area contributed by atoms with Crippen LogP contribution in [0.1, 0.15) is 41.4 Å². The number of amides is 1. The molecule has 3 rings (SSSR count). The molecule has 122 valence electrons. The highest BCUT2D eigenvalue weighted by atomic mass is 32.2. The van der Waals surface area contributed by atoms with E-state index in [-0.39, 0.29) is 16.8 Å². The van der Waals surface area contributed by atoms with E-state index in [0.29, 0.717) is 24.2 Å². The molecule has 1 atom stereocenters. The first-order valence-electron chi connectivity index (χ1n) is 7.28. The van der Waals surface area contributed by atoms with Crippen molar-refractivity contribution in [1.29, 1.82) is 0 Å². The van der Waals surface area contributed by atoms with E-state index in [2.05, 4.69) is 20.2 Å². The van der Waals surface area contributed by atoms with Crippen LogP contribution in [0, 0.1) is 0 Å². The van der Waals surface area contributed by atoms with Crippen molar-refractivity contribution >= 4 is 15.7 Å². The smallest absolute Gasteiger partial charge is 0.257 e. The summed E-state index contributed by atoms with van der Waals surface area (Å²) in [5, 5.41) is 6.63. The topological polar surface area (TPSA) is 109 Å². The highest BCUT2D eigenvalue weighted by molar-refractivity contribution is 7.90. The van der Waals surface area contributed by atoms with E-state index in [0.717, 1.165) is 19.1 Å². The Kier molecular flexibility index (Phi) is 4.12. The van der Waals surface area contributed by atoms with Crippen LogP contribution in [0.15, 0.2) is 29.8 Å². The van der Waals surface area contributed by atoms with Crippen LogP contribution in [0.4, 0.5) is 0 Å². The minimum atomic E-state index is -3.41.